The summed E-state index contributed by atoms with van der Waals surface area (Å²) >= 11 is 0. The maximum atomic E-state index is 12.5. The van der Waals surface area contributed by atoms with Crippen LogP contribution in [0.2, 0.25) is 0 Å². The Balaban J connectivity index is 2.26. The number of rotatable bonds is 3. The molecule has 0 aliphatic carbocycles. The van der Waals surface area contributed by atoms with Crippen molar-refractivity contribution in [2.75, 3.05) is 20.1 Å². The van der Waals surface area contributed by atoms with Crippen molar-refractivity contribution in [1.29, 1.82) is 0 Å². The van der Waals surface area contributed by atoms with Crippen molar-refractivity contribution in [2.24, 2.45) is 5.92 Å². The molecule has 0 spiro atoms. The second kappa shape index (κ2) is 4.26. The number of nitrogens with one attached hydrogen (secondary N) is 1. The van der Waals surface area contributed by atoms with Crippen LogP contribution in [0.15, 0.2) is 0 Å². The molecule has 0 aromatic heterocycles. The van der Waals surface area contributed by atoms with Gasteiger partial charge in [-0.15, -0.1) is 0 Å². The summed E-state index contributed by atoms with van der Waals surface area (Å²) in [7, 11) is 1.88. The highest BCUT2D eigenvalue weighted by Gasteiger charge is 2.52. The van der Waals surface area contributed by atoms with Crippen LogP contribution >= 0.6 is 0 Å². The van der Waals surface area contributed by atoms with Gasteiger partial charge in [0.2, 0.25) is 0 Å². The Kier molecular flexibility index (Phi) is 3.13. The highest BCUT2D eigenvalue weighted by atomic mass is 16.2. The van der Waals surface area contributed by atoms with Crippen molar-refractivity contribution in [3.05, 3.63) is 0 Å². The lowest BCUT2D eigenvalue weighted by atomic mass is 9.80. The van der Waals surface area contributed by atoms with Crippen molar-refractivity contribution in [1.82, 2.24) is 10.2 Å². The monoisotopic (exact) mass is 224 g/mol. The standard InChI is InChI=1S/C12H20N2O2/c1-9-5-7-14(2)12(9,8-15)11(16)10-4-3-6-13-10/h8-10,13H,3-7H2,1-2H3/t9?,10-,12+/m0/s1. The third-order valence-corrected chi connectivity index (χ3v) is 4.23. The molecule has 0 aromatic carbocycles. The van der Waals surface area contributed by atoms with Gasteiger partial charge >= 0.3 is 0 Å². The van der Waals surface area contributed by atoms with Crippen molar-refractivity contribution in [2.45, 2.75) is 37.8 Å². The van der Waals surface area contributed by atoms with Gasteiger partial charge in [0.05, 0.1) is 6.04 Å². The number of Topliss-reactive ketones (excluding diaryl/α,β-unsaturated/α-hetero) is 1. The normalized spacial score (nSPS) is 40.1. The van der Waals surface area contributed by atoms with E-state index in [2.05, 4.69) is 5.32 Å². The van der Waals surface area contributed by atoms with Gasteiger partial charge in [0.15, 0.2) is 5.78 Å². The third-order valence-electron chi connectivity index (χ3n) is 4.23. The molecule has 0 amide bonds. The maximum Gasteiger partial charge on any atom is 0.177 e. The number of aldehydes is 1. The first-order valence-electron chi connectivity index (χ1n) is 6.08. The molecular weight excluding hydrogens is 204 g/mol. The number of carbonyl (C=O) groups excluding carboxylic acids is 2. The number of carbonyl (C=O) groups is 2. The van der Waals surface area contributed by atoms with E-state index in [0.717, 1.165) is 38.6 Å². The fourth-order valence-electron chi connectivity index (χ4n) is 3.05. The maximum absolute atomic E-state index is 12.5. The predicted octanol–water partition coefficient (Wildman–Crippen LogP) is 0.217. The summed E-state index contributed by atoms with van der Waals surface area (Å²) in [6.45, 7) is 3.73. The van der Waals surface area contributed by atoms with Crippen LogP contribution in [-0.2, 0) is 9.59 Å². The molecule has 0 saturated carbocycles. The molecule has 0 bridgehead atoms. The predicted molar refractivity (Wildman–Crippen MR) is 61.2 cm³/mol. The number of likely N-dealkylation sites (tertiary alicyclic amines) is 1. The largest absolute Gasteiger partial charge is 0.307 e. The van der Waals surface area contributed by atoms with Gasteiger partial charge in [-0.2, -0.15) is 0 Å². The number of likely N-dealkylation sites (N-methyl/N-ethyl adjacent to an activating group) is 1. The molecule has 16 heavy (non-hydrogen) atoms. The van der Waals surface area contributed by atoms with Gasteiger partial charge < -0.3 is 10.1 Å². The molecule has 90 valence electrons. The van der Waals surface area contributed by atoms with Crippen LogP contribution in [0.5, 0.6) is 0 Å². The summed E-state index contributed by atoms with van der Waals surface area (Å²) in [6, 6.07) is -0.117. The van der Waals surface area contributed by atoms with E-state index in [4.69, 9.17) is 0 Å². The first-order valence-corrected chi connectivity index (χ1v) is 6.08. The fraction of sp³-hybridized carbons (Fsp3) is 0.833. The number of hydrogen-bond donors (Lipinski definition) is 1. The minimum atomic E-state index is -0.873. The zero-order valence-corrected chi connectivity index (χ0v) is 10.0. The molecular formula is C12H20N2O2. The van der Waals surface area contributed by atoms with Crippen molar-refractivity contribution >= 4 is 12.1 Å². The lowest BCUT2D eigenvalue weighted by Gasteiger charge is -2.34. The Bertz CT molecular complexity index is 287. The lowest BCUT2D eigenvalue weighted by molar-refractivity contribution is -0.138. The van der Waals surface area contributed by atoms with Gasteiger partial charge in [0.1, 0.15) is 11.8 Å². The molecule has 4 nitrogen and oxygen atoms in total. The van der Waals surface area contributed by atoms with E-state index in [1.807, 2.05) is 18.9 Å². The molecule has 1 N–H and O–H groups in total. The third kappa shape index (κ3) is 1.52. The number of nitrogens with zero attached hydrogens (tertiary/aromatic N) is 1. The second-order valence-corrected chi connectivity index (χ2v) is 5.07. The highest BCUT2D eigenvalue weighted by molar-refractivity contribution is 6.06. The summed E-state index contributed by atoms with van der Waals surface area (Å²) in [4.78, 5) is 25.9. The van der Waals surface area contributed by atoms with Crippen LogP contribution in [-0.4, -0.2) is 48.7 Å². The smallest absolute Gasteiger partial charge is 0.177 e. The molecule has 2 aliphatic rings. The van der Waals surface area contributed by atoms with Crippen LogP contribution in [0.25, 0.3) is 0 Å². The first kappa shape index (κ1) is 11.7. The SMILES string of the molecule is CC1CCN(C)[C@@]1(C=O)C(=O)[C@@H]1CCCN1. The molecule has 2 rings (SSSR count). The Morgan fingerprint density at radius 1 is 1.50 bits per heavy atom. The molecule has 2 fully saturated rings. The van der Waals surface area contributed by atoms with Gasteiger partial charge in [-0.25, -0.2) is 0 Å². The summed E-state index contributed by atoms with van der Waals surface area (Å²) in [5.74, 6) is 0.206. The van der Waals surface area contributed by atoms with Gasteiger partial charge in [-0.3, -0.25) is 9.69 Å². The zero-order valence-electron chi connectivity index (χ0n) is 10.0. The minimum absolute atomic E-state index is 0.0764. The van der Waals surface area contributed by atoms with Gasteiger partial charge in [-0.05, 0) is 45.3 Å². The summed E-state index contributed by atoms with van der Waals surface area (Å²) < 4.78 is 0. The van der Waals surface area contributed by atoms with Crippen LogP contribution in [0.4, 0.5) is 0 Å². The lowest BCUT2D eigenvalue weighted by Crippen LogP contribution is -2.59. The van der Waals surface area contributed by atoms with E-state index < -0.39 is 5.54 Å². The molecule has 4 heteroatoms. The number of hydrogen-bond acceptors (Lipinski definition) is 4. The van der Waals surface area contributed by atoms with E-state index in [1.165, 1.54) is 0 Å². The topological polar surface area (TPSA) is 49.4 Å². The molecule has 2 saturated heterocycles. The van der Waals surface area contributed by atoms with Crippen molar-refractivity contribution < 1.29 is 9.59 Å². The van der Waals surface area contributed by atoms with Gasteiger partial charge in [-0.1, -0.05) is 6.92 Å². The molecule has 2 aliphatic heterocycles. The Morgan fingerprint density at radius 3 is 2.69 bits per heavy atom. The average molecular weight is 224 g/mol. The Morgan fingerprint density at radius 2 is 2.25 bits per heavy atom. The van der Waals surface area contributed by atoms with Crippen LogP contribution in [0.3, 0.4) is 0 Å². The summed E-state index contributed by atoms with van der Waals surface area (Å²) in [6.07, 6.45) is 3.69. The molecule has 0 aromatic rings. The Labute approximate surface area is 96.4 Å². The van der Waals surface area contributed by atoms with E-state index >= 15 is 0 Å². The first-order chi connectivity index (χ1) is 7.63. The molecule has 2 heterocycles. The van der Waals surface area contributed by atoms with Crippen LogP contribution in [0, 0.1) is 5.92 Å². The van der Waals surface area contributed by atoms with Gasteiger partial charge in [0.25, 0.3) is 0 Å². The average Bonchev–Trinajstić information content (AvgIpc) is 2.88. The quantitative estimate of drug-likeness (QED) is 0.550. The molecule has 1 unspecified atom stereocenters. The van der Waals surface area contributed by atoms with E-state index in [1.54, 1.807) is 0 Å². The van der Waals surface area contributed by atoms with Crippen LogP contribution in [0.1, 0.15) is 26.2 Å². The second-order valence-electron chi connectivity index (χ2n) is 5.07. The Hall–Kier alpha value is -0.740. The molecule has 0 radical (unpaired) electrons. The summed E-state index contributed by atoms with van der Waals surface area (Å²) in [5, 5.41) is 3.20. The van der Waals surface area contributed by atoms with Crippen molar-refractivity contribution in [3.63, 3.8) is 0 Å². The van der Waals surface area contributed by atoms with E-state index in [0.29, 0.717) is 0 Å². The molecule has 3 atom stereocenters. The summed E-state index contributed by atoms with van der Waals surface area (Å²) in [5.41, 5.74) is -0.873. The van der Waals surface area contributed by atoms with Crippen LogP contribution < -0.4 is 5.32 Å². The fourth-order valence-corrected chi connectivity index (χ4v) is 3.05. The highest BCUT2D eigenvalue weighted by Crippen LogP contribution is 2.34. The van der Waals surface area contributed by atoms with E-state index in [-0.39, 0.29) is 17.7 Å². The van der Waals surface area contributed by atoms with Gasteiger partial charge in [0, 0.05) is 0 Å². The zero-order chi connectivity index (χ0) is 11.8. The minimum Gasteiger partial charge on any atom is -0.307 e. The van der Waals surface area contributed by atoms with Crippen molar-refractivity contribution in [3.8, 4) is 0 Å². The van der Waals surface area contributed by atoms with E-state index in [9.17, 15) is 9.59 Å². The number of ketones is 1.